The van der Waals surface area contributed by atoms with Gasteiger partial charge in [-0.15, -0.1) is 0 Å². The lowest BCUT2D eigenvalue weighted by molar-refractivity contribution is -0.401. The molecule has 0 N–H and O–H groups in total. The van der Waals surface area contributed by atoms with Crippen LogP contribution in [0.25, 0.3) is 11.5 Å². The van der Waals surface area contributed by atoms with Crippen LogP contribution in [0.4, 0.5) is 11.7 Å². The van der Waals surface area contributed by atoms with Crippen molar-refractivity contribution in [1.29, 1.82) is 0 Å². The van der Waals surface area contributed by atoms with Crippen LogP contribution in [0.5, 0.6) is 0 Å². The molecule has 0 saturated carbocycles. The van der Waals surface area contributed by atoms with Crippen LogP contribution in [0.3, 0.4) is 0 Å². The Bertz CT molecular complexity index is 753. The third-order valence-corrected chi connectivity index (χ3v) is 3.43. The first-order chi connectivity index (χ1) is 10.5. The third kappa shape index (κ3) is 2.80. The van der Waals surface area contributed by atoms with Gasteiger partial charge in [-0.3, -0.25) is 10.1 Å². The van der Waals surface area contributed by atoms with E-state index in [-0.39, 0.29) is 5.88 Å². The summed E-state index contributed by atoms with van der Waals surface area (Å²) in [5, 5.41) is 10.7. The molecule has 0 aliphatic carbocycles. The Morgan fingerprint density at radius 2 is 2.23 bits per heavy atom. The minimum Gasteiger partial charge on any atom is -0.399 e. The molecule has 0 spiro atoms. The number of aliphatic imine (C=N–C) groups is 1. The van der Waals surface area contributed by atoms with Crippen molar-refractivity contribution in [3.8, 4) is 11.5 Å². The molecule has 114 valence electrons. The lowest BCUT2D eigenvalue weighted by atomic mass is 10.3. The van der Waals surface area contributed by atoms with E-state index >= 15 is 0 Å². The predicted octanol–water partition coefficient (Wildman–Crippen LogP) is 2.71. The van der Waals surface area contributed by atoms with Crippen molar-refractivity contribution in [3.63, 3.8) is 0 Å². The van der Waals surface area contributed by atoms with Crippen molar-refractivity contribution in [2.75, 3.05) is 13.6 Å². The summed E-state index contributed by atoms with van der Waals surface area (Å²) in [6.07, 6.45) is 2.00. The zero-order valence-electron chi connectivity index (χ0n) is 12.3. The Morgan fingerprint density at radius 1 is 1.41 bits per heavy atom. The second-order valence-electron chi connectivity index (χ2n) is 5.11. The van der Waals surface area contributed by atoms with E-state index in [1.807, 2.05) is 7.05 Å². The summed E-state index contributed by atoms with van der Waals surface area (Å²) in [6, 6.07) is 4.51. The van der Waals surface area contributed by atoms with E-state index in [9.17, 15) is 10.1 Å². The van der Waals surface area contributed by atoms with Crippen molar-refractivity contribution >= 4 is 17.5 Å². The van der Waals surface area contributed by atoms with E-state index in [1.54, 1.807) is 13.0 Å². The molecule has 0 amide bonds. The van der Waals surface area contributed by atoms with Crippen LogP contribution >= 0.6 is 0 Å². The monoisotopic (exact) mass is 301 g/mol. The molecule has 0 radical (unpaired) electrons. The molecule has 1 fully saturated rings. The highest BCUT2D eigenvalue weighted by Crippen LogP contribution is 2.27. The van der Waals surface area contributed by atoms with Crippen LogP contribution in [0, 0.1) is 17.0 Å². The van der Waals surface area contributed by atoms with Gasteiger partial charge >= 0.3 is 5.88 Å². The molecule has 0 bridgehead atoms. The molecule has 1 aliphatic rings. The van der Waals surface area contributed by atoms with Gasteiger partial charge in [0.15, 0.2) is 11.6 Å². The van der Waals surface area contributed by atoms with Gasteiger partial charge in [0.05, 0.1) is 6.07 Å². The number of hydrogen-bond acceptors (Lipinski definition) is 6. The first-order valence-corrected chi connectivity index (χ1v) is 6.92. The number of aryl methyl sites for hydroxylation is 1. The van der Waals surface area contributed by atoms with Gasteiger partial charge in [-0.2, -0.15) is 0 Å². The van der Waals surface area contributed by atoms with Gasteiger partial charge < -0.3 is 9.32 Å². The van der Waals surface area contributed by atoms with Crippen LogP contribution in [0.15, 0.2) is 27.6 Å². The van der Waals surface area contributed by atoms with E-state index in [1.165, 1.54) is 12.1 Å². The molecule has 0 aromatic carbocycles. The largest absolute Gasteiger partial charge is 0.433 e. The Kier molecular flexibility index (Phi) is 3.58. The Morgan fingerprint density at radius 3 is 2.86 bits per heavy atom. The number of likely N-dealkylation sites (tertiary alicyclic amines) is 1. The molecule has 2 aromatic rings. The molecule has 8 nitrogen and oxygen atoms in total. The molecule has 1 saturated heterocycles. The molecule has 0 unspecified atom stereocenters. The number of hydrogen-bond donors (Lipinski definition) is 0. The van der Waals surface area contributed by atoms with Crippen LogP contribution in [-0.2, 0) is 0 Å². The first kappa shape index (κ1) is 14.2. The van der Waals surface area contributed by atoms with E-state index in [2.05, 4.69) is 19.9 Å². The number of rotatable bonds is 3. The Balaban J connectivity index is 1.97. The van der Waals surface area contributed by atoms with Crippen LogP contribution in [0.1, 0.15) is 18.7 Å². The average molecular weight is 301 g/mol. The van der Waals surface area contributed by atoms with Gasteiger partial charge in [-0.1, -0.05) is 0 Å². The van der Waals surface area contributed by atoms with E-state index in [0.29, 0.717) is 23.1 Å². The maximum atomic E-state index is 10.7. The summed E-state index contributed by atoms with van der Waals surface area (Å²) in [5.74, 6) is 2.07. The number of nitro groups is 1. The highest BCUT2D eigenvalue weighted by atomic mass is 16.6. The van der Waals surface area contributed by atoms with Gasteiger partial charge in [0.1, 0.15) is 22.3 Å². The lowest BCUT2D eigenvalue weighted by Gasteiger charge is -2.10. The normalized spacial score (nSPS) is 16.5. The molecule has 22 heavy (non-hydrogen) atoms. The summed E-state index contributed by atoms with van der Waals surface area (Å²) in [7, 11) is 2.00. The topological polar surface area (TPSA) is 97.7 Å². The molecular formula is C14H15N5O3. The molecule has 3 heterocycles. The molecule has 0 atom stereocenters. The van der Waals surface area contributed by atoms with Gasteiger partial charge in [0.2, 0.25) is 0 Å². The van der Waals surface area contributed by atoms with Crippen molar-refractivity contribution in [2.45, 2.75) is 19.8 Å². The zero-order chi connectivity index (χ0) is 15.7. The first-order valence-electron chi connectivity index (χ1n) is 6.92. The fourth-order valence-electron chi connectivity index (χ4n) is 2.37. The summed E-state index contributed by atoms with van der Waals surface area (Å²) < 4.78 is 5.18. The van der Waals surface area contributed by atoms with Crippen molar-refractivity contribution in [3.05, 3.63) is 34.1 Å². The van der Waals surface area contributed by atoms with Gasteiger partial charge in [-0.05, 0) is 19.4 Å². The highest BCUT2D eigenvalue weighted by molar-refractivity contribution is 5.86. The fourth-order valence-corrected chi connectivity index (χ4v) is 2.37. The summed E-state index contributed by atoms with van der Waals surface area (Å²) in [4.78, 5) is 25.3. The minimum absolute atomic E-state index is 0.311. The maximum Gasteiger partial charge on any atom is 0.433 e. The number of amidine groups is 1. The second kappa shape index (κ2) is 5.55. The van der Waals surface area contributed by atoms with E-state index in [0.717, 1.165) is 25.2 Å². The lowest BCUT2D eigenvalue weighted by Crippen LogP contribution is -2.18. The van der Waals surface area contributed by atoms with Crippen molar-refractivity contribution < 1.29 is 9.34 Å². The SMILES string of the molecule is Cc1nc(N=C2CCCN2C)cc(-c2ccc([N+](=O)[O-])o2)n1. The third-order valence-electron chi connectivity index (χ3n) is 3.43. The van der Waals surface area contributed by atoms with Gasteiger partial charge in [-0.25, -0.2) is 15.0 Å². The van der Waals surface area contributed by atoms with Crippen LogP contribution < -0.4 is 0 Å². The van der Waals surface area contributed by atoms with Crippen molar-refractivity contribution in [1.82, 2.24) is 14.9 Å². The minimum atomic E-state index is -0.577. The summed E-state index contributed by atoms with van der Waals surface area (Å²) >= 11 is 0. The molecule has 1 aliphatic heterocycles. The molecule has 2 aromatic heterocycles. The van der Waals surface area contributed by atoms with E-state index < -0.39 is 4.92 Å². The number of nitrogens with zero attached hydrogens (tertiary/aromatic N) is 5. The van der Waals surface area contributed by atoms with Crippen molar-refractivity contribution in [2.24, 2.45) is 4.99 Å². The van der Waals surface area contributed by atoms with Crippen LogP contribution in [0.2, 0.25) is 0 Å². The highest BCUT2D eigenvalue weighted by Gasteiger charge is 2.17. The van der Waals surface area contributed by atoms with E-state index in [4.69, 9.17) is 4.42 Å². The smallest absolute Gasteiger partial charge is 0.399 e. The second-order valence-corrected chi connectivity index (χ2v) is 5.11. The number of aromatic nitrogens is 2. The Labute approximate surface area is 126 Å². The molecule has 8 heteroatoms. The predicted molar refractivity (Wildman–Crippen MR) is 80.1 cm³/mol. The Hall–Kier alpha value is -2.77. The molecule has 3 rings (SSSR count). The number of furan rings is 1. The average Bonchev–Trinajstić information content (AvgIpc) is 3.08. The van der Waals surface area contributed by atoms with Gasteiger partial charge in [0.25, 0.3) is 0 Å². The molecular weight excluding hydrogens is 286 g/mol. The zero-order valence-corrected chi connectivity index (χ0v) is 12.3. The summed E-state index contributed by atoms with van der Waals surface area (Å²) in [6.45, 7) is 2.74. The quantitative estimate of drug-likeness (QED) is 0.638. The fraction of sp³-hybridized carbons (Fsp3) is 0.357. The van der Waals surface area contributed by atoms with Crippen LogP contribution in [-0.4, -0.2) is 39.2 Å². The van der Waals surface area contributed by atoms with Gasteiger partial charge in [0, 0.05) is 26.1 Å². The summed E-state index contributed by atoms with van der Waals surface area (Å²) in [5.41, 5.74) is 0.487. The standard InChI is InChI=1S/C14H15N5O3/c1-9-15-10(11-5-6-14(22-11)19(20)21)8-12(16-9)17-13-4-3-7-18(13)2/h5-6,8H,3-4,7H2,1-2H3. The maximum absolute atomic E-state index is 10.7.